The molecule has 3 aliphatic heterocycles. The number of anilines is 1. The van der Waals surface area contributed by atoms with Crippen LogP contribution in [-0.4, -0.2) is 105 Å². The number of benzene rings is 2. The standard InChI is InChI=1S/C28H35N5O7/c1-37-20-4-6-23(38-2)21(14-20)30-26(34)15-22-28(36)29-7-8-33(22)27(35)17-32-11-9-31(10-12-32)16-19-3-5-24-25(13-19)40-18-39-24/h3-6,13-14,22H,7-12,15-18H2,1-2H3,(H,29,36)(H,30,34)/t22-/m1/s1. The molecule has 0 radical (unpaired) electrons. The molecule has 3 heterocycles. The van der Waals surface area contributed by atoms with E-state index in [4.69, 9.17) is 18.9 Å². The van der Waals surface area contributed by atoms with E-state index in [-0.39, 0.29) is 31.6 Å². The van der Waals surface area contributed by atoms with Crippen molar-refractivity contribution in [2.75, 3.05) is 72.1 Å². The van der Waals surface area contributed by atoms with Crippen LogP contribution in [0.5, 0.6) is 23.0 Å². The second-order valence-corrected chi connectivity index (χ2v) is 9.95. The van der Waals surface area contributed by atoms with Crippen LogP contribution in [0.2, 0.25) is 0 Å². The molecule has 0 aliphatic carbocycles. The zero-order valence-corrected chi connectivity index (χ0v) is 22.8. The Morgan fingerprint density at radius 2 is 1.75 bits per heavy atom. The van der Waals surface area contributed by atoms with Crippen molar-refractivity contribution in [1.82, 2.24) is 20.0 Å². The van der Waals surface area contributed by atoms with Crippen molar-refractivity contribution in [3.05, 3.63) is 42.0 Å². The lowest BCUT2D eigenvalue weighted by Gasteiger charge is -2.38. The molecule has 3 aliphatic rings. The Morgan fingerprint density at radius 1 is 0.975 bits per heavy atom. The van der Waals surface area contributed by atoms with E-state index < -0.39 is 11.9 Å². The van der Waals surface area contributed by atoms with Crippen molar-refractivity contribution in [3.63, 3.8) is 0 Å². The molecular formula is C28H35N5O7. The van der Waals surface area contributed by atoms with Crippen LogP contribution >= 0.6 is 0 Å². The molecule has 12 nitrogen and oxygen atoms in total. The molecule has 0 unspecified atom stereocenters. The fourth-order valence-corrected chi connectivity index (χ4v) is 5.19. The number of nitrogens with one attached hydrogen (secondary N) is 2. The van der Waals surface area contributed by atoms with E-state index in [2.05, 4.69) is 20.4 Å². The molecule has 0 spiro atoms. The Labute approximate surface area is 233 Å². The van der Waals surface area contributed by atoms with Gasteiger partial charge in [0.15, 0.2) is 11.5 Å². The van der Waals surface area contributed by atoms with Gasteiger partial charge in [-0.1, -0.05) is 6.07 Å². The van der Waals surface area contributed by atoms with Gasteiger partial charge in [-0.05, 0) is 29.8 Å². The number of hydrogen-bond acceptors (Lipinski definition) is 9. The van der Waals surface area contributed by atoms with E-state index in [0.29, 0.717) is 30.3 Å². The number of nitrogens with zero attached hydrogens (tertiary/aromatic N) is 3. The predicted octanol–water partition coefficient (Wildman–Crippen LogP) is 0.906. The molecule has 3 amide bonds. The highest BCUT2D eigenvalue weighted by atomic mass is 16.7. The number of carbonyl (C=O) groups is 3. The normalized spacial score (nSPS) is 19.2. The first-order valence-electron chi connectivity index (χ1n) is 13.4. The van der Waals surface area contributed by atoms with E-state index >= 15 is 0 Å². The van der Waals surface area contributed by atoms with Gasteiger partial charge in [-0.15, -0.1) is 0 Å². The van der Waals surface area contributed by atoms with Gasteiger partial charge in [0.25, 0.3) is 0 Å². The van der Waals surface area contributed by atoms with Gasteiger partial charge in [0, 0.05) is 51.9 Å². The second-order valence-electron chi connectivity index (χ2n) is 9.95. The lowest BCUT2D eigenvalue weighted by molar-refractivity contribution is -0.145. The molecule has 40 heavy (non-hydrogen) atoms. The number of carbonyl (C=O) groups excluding carboxylic acids is 3. The molecule has 2 N–H and O–H groups in total. The number of hydrogen-bond donors (Lipinski definition) is 2. The first-order chi connectivity index (χ1) is 19.4. The van der Waals surface area contributed by atoms with Crippen molar-refractivity contribution in [2.24, 2.45) is 0 Å². The third-order valence-electron chi connectivity index (χ3n) is 7.38. The zero-order valence-electron chi connectivity index (χ0n) is 22.8. The summed E-state index contributed by atoms with van der Waals surface area (Å²) in [6, 6.07) is 10.2. The van der Waals surface area contributed by atoms with Gasteiger partial charge in [-0.25, -0.2) is 0 Å². The molecule has 5 rings (SSSR count). The van der Waals surface area contributed by atoms with Crippen LogP contribution in [0.25, 0.3) is 0 Å². The van der Waals surface area contributed by atoms with E-state index in [1.807, 2.05) is 18.2 Å². The van der Waals surface area contributed by atoms with Gasteiger partial charge >= 0.3 is 0 Å². The Morgan fingerprint density at radius 3 is 2.52 bits per heavy atom. The first-order valence-corrected chi connectivity index (χ1v) is 13.4. The summed E-state index contributed by atoms with van der Waals surface area (Å²) in [4.78, 5) is 45.0. The zero-order chi connectivity index (χ0) is 28.1. The molecule has 0 saturated carbocycles. The Hall–Kier alpha value is -4.03. The molecule has 214 valence electrons. The van der Waals surface area contributed by atoms with Gasteiger partial charge in [0.2, 0.25) is 24.5 Å². The Balaban J connectivity index is 1.14. The van der Waals surface area contributed by atoms with Gasteiger partial charge in [0.1, 0.15) is 17.5 Å². The highest BCUT2D eigenvalue weighted by Gasteiger charge is 2.35. The van der Waals surface area contributed by atoms with Crippen LogP contribution in [-0.2, 0) is 20.9 Å². The molecule has 2 aromatic rings. The maximum Gasteiger partial charge on any atom is 0.243 e. The van der Waals surface area contributed by atoms with Crippen molar-refractivity contribution >= 4 is 23.4 Å². The van der Waals surface area contributed by atoms with Crippen molar-refractivity contribution in [1.29, 1.82) is 0 Å². The van der Waals surface area contributed by atoms with Gasteiger partial charge < -0.3 is 34.5 Å². The maximum atomic E-state index is 13.3. The predicted molar refractivity (Wildman–Crippen MR) is 146 cm³/mol. The number of piperazine rings is 2. The first kappa shape index (κ1) is 27.5. The van der Waals surface area contributed by atoms with Crippen molar-refractivity contribution < 1.29 is 33.3 Å². The molecule has 12 heteroatoms. The molecule has 2 fully saturated rings. The highest BCUT2D eigenvalue weighted by Crippen LogP contribution is 2.33. The molecule has 0 bridgehead atoms. The Bertz CT molecular complexity index is 1250. The number of fused-ring (bicyclic) bond motifs is 1. The smallest absolute Gasteiger partial charge is 0.243 e. The summed E-state index contributed by atoms with van der Waals surface area (Å²) in [7, 11) is 3.03. The fraction of sp³-hybridized carbons (Fsp3) is 0.464. The minimum atomic E-state index is -0.884. The van der Waals surface area contributed by atoms with Crippen LogP contribution in [0.15, 0.2) is 36.4 Å². The number of methoxy groups -OCH3 is 2. The summed E-state index contributed by atoms with van der Waals surface area (Å²) < 4.78 is 21.4. The monoisotopic (exact) mass is 553 g/mol. The third kappa shape index (κ3) is 6.40. The number of ether oxygens (including phenoxy) is 4. The summed E-state index contributed by atoms with van der Waals surface area (Å²) in [5.74, 6) is 1.68. The quantitative estimate of drug-likeness (QED) is 0.467. The lowest BCUT2D eigenvalue weighted by atomic mass is 10.1. The van der Waals surface area contributed by atoms with Crippen LogP contribution in [0.3, 0.4) is 0 Å². The Kier molecular flexibility index (Phi) is 8.56. The van der Waals surface area contributed by atoms with Gasteiger partial charge in [0.05, 0.1) is 32.9 Å². The number of amides is 3. The van der Waals surface area contributed by atoms with E-state index in [0.717, 1.165) is 49.8 Å². The van der Waals surface area contributed by atoms with Crippen LogP contribution in [0.1, 0.15) is 12.0 Å². The summed E-state index contributed by atoms with van der Waals surface area (Å²) in [5.41, 5.74) is 1.58. The highest BCUT2D eigenvalue weighted by molar-refractivity contribution is 5.98. The second kappa shape index (κ2) is 12.4. The SMILES string of the molecule is COc1ccc(OC)c(NC(=O)C[C@@H]2C(=O)NCCN2C(=O)CN2CCN(Cc3ccc4c(c3)OCO4)CC2)c1. The van der Waals surface area contributed by atoms with Gasteiger partial charge in [-0.2, -0.15) is 0 Å². The summed E-state index contributed by atoms with van der Waals surface area (Å²) >= 11 is 0. The largest absolute Gasteiger partial charge is 0.497 e. The van der Waals surface area contributed by atoms with Crippen LogP contribution in [0, 0.1) is 0 Å². The molecule has 2 aromatic carbocycles. The van der Waals surface area contributed by atoms with E-state index in [1.165, 1.54) is 19.1 Å². The topological polar surface area (TPSA) is 122 Å². The molecule has 0 aromatic heterocycles. The minimum Gasteiger partial charge on any atom is -0.497 e. The average Bonchev–Trinajstić information content (AvgIpc) is 3.43. The molecule has 2 saturated heterocycles. The van der Waals surface area contributed by atoms with E-state index in [1.54, 1.807) is 18.2 Å². The minimum absolute atomic E-state index is 0.157. The van der Waals surface area contributed by atoms with Gasteiger partial charge in [-0.3, -0.25) is 24.2 Å². The molecule has 1 atom stereocenters. The van der Waals surface area contributed by atoms with E-state index in [9.17, 15) is 14.4 Å². The number of rotatable bonds is 9. The fourth-order valence-electron chi connectivity index (χ4n) is 5.19. The third-order valence-corrected chi connectivity index (χ3v) is 7.38. The van der Waals surface area contributed by atoms with Crippen molar-refractivity contribution in [2.45, 2.75) is 19.0 Å². The van der Waals surface area contributed by atoms with Crippen LogP contribution in [0.4, 0.5) is 5.69 Å². The average molecular weight is 554 g/mol. The van der Waals surface area contributed by atoms with Crippen LogP contribution < -0.4 is 29.6 Å². The summed E-state index contributed by atoms with van der Waals surface area (Å²) in [5, 5.41) is 5.57. The lowest BCUT2D eigenvalue weighted by Crippen LogP contribution is -2.60. The van der Waals surface area contributed by atoms with Crippen molar-refractivity contribution in [3.8, 4) is 23.0 Å². The maximum absolute atomic E-state index is 13.3. The summed E-state index contributed by atoms with van der Waals surface area (Å²) in [6.45, 7) is 5.06. The summed E-state index contributed by atoms with van der Waals surface area (Å²) in [6.07, 6.45) is -0.165. The molecular weight excluding hydrogens is 518 g/mol.